The Morgan fingerprint density at radius 1 is 1.75 bits per heavy atom. The highest BCUT2D eigenvalue weighted by Crippen LogP contribution is 2.14. The van der Waals surface area contributed by atoms with Crippen molar-refractivity contribution in [2.24, 2.45) is 16.8 Å². The number of hydrogen-bond donors (Lipinski definition) is 3. The first-order chi connectivity index (χ1) is 7.60. The number of carbonyl (C=O) groups excluding carboxylic acids is 1. The van der Waals surface area contributed by atoms with Gasteiger partial charge >= 0.3 is 0 Å². The van der Waals surface area contributed by atoms with E-state index < -0.39 is 5.92 Å². The summed E-state index contributed by atoms with van der Waals surface area (Å²) in [7, 11) is 0. The van der Waals surface area contributed by atoms with Crippen LogP contribution in [0.4, 0.5) is 0 Å². The van der Waals surface area contributed by atoms with E-state index in [4.69, 9.17) is 15.7 Å². The second kappa shape index (κ2) is 5.69. The van der Waals surface area contributed by atoms with Crippen LogP contribution >= 0.6 is 0 Å². The third-order valence-electron chi connectivity index (χ3n) is 2.90. The van der Waals surface area contributed by atoms with Crippen LogP contribution in [0.25, 0.3) is 0 Å². The van der Waals surface area contributed by atoms with Crippen molar-refractivity contribution in [1.29, 1.82) is 0 Å². The Kier molecular flexibility index (Phi) is 4.54. The monoisotopic (exact) mass is 229 g/mol. The van der Waals surface area contributed by atoms with E-state index in [9.17, 15) is 4.79 Å². The summed E-state index contributed by atoms with van der Waals surface area (Å²) in [6, 6.07) is 0.0213. The van der Waals surface area contributed by atoms with Crippen molar-refractivity contribution in [3.8, 4) is 0 Å². The van der Waals surface area contributed by atoms with E-state index in [0.717, 1.165) is 6.42 Å². The van der Waals surface area contributed by atoms with E-state index in [-0.39, 0.29) is 23.9 Å². The third kappa shape index (κ3) is 2.85. The number of hydrogen-bond acceptors (Lipinski definition) is 4. The van der Waals surface area contributed by atoms with Gasteiger partial charge in [-0.1, -0.05) is 12.1 Å². The van der Waals surface area contributed by atoms with Gasteiger partial charge in [-0.05, 0) is 19.8 Å². The lowest BCUT2D eigenvalue weighted by Crippen LogP contribution is -2.45. The molecule has 0 bridgehead atoms. The maximum absolute atomic E-state index is 11.8. The molecule has 0 aromatic carbocycles. The second-order valence-electron chi connectivity index (χ2n) is 3.97. The summed E-state index contributed by atoms with van der Waals surface area (Å²) in [5, 5.41) is 14.3. The minimum atomic E-state index is -0.571. The number of nitrogens with two attached hydrogens (primary N) is 1. The number of carbonyl (C=O) groups is 1. The SMILES string of the molecule is CCC(C(=O)NC1CCOC1C)C(N)=NO. The molecule has 0 aromatic rings. The molecular weight excluding hydrogens is 210 g/mol. The van der Waals surface area contributed by atoms with Gasteiger partial charge in [0.15, 0.2) is 5.84 Å². The van der Waals surface area contributed by atoms with Crippen LogP contribution in [0.5, 0.6) is 0 Å². The molecule has 4 N–H and O–H groups in total. The van der Waals surface area contributed by atoms with Crippen molar-refractivity contribution < 1.29 is 14.7 Å². The molecule has 1 rings (SSSR count). The smallest absolute Gasteiger partial charge is 0.231 e. The fourth-order valence-corrected chi connectivity index (χ4v) is 1.80. The van der Waals surface area contributed by atoms with Gasteiger partial charge in [-0.2, -0.15) is 0 Å². The number of nitrogens with one attached hydrogen (secondary N) is 1. The van der Waals surface area contributed by atoms with E-state index in [2.05, 4.69) is 10.5 Å². The molecule has 1 fully saturated rings. The van der Waals surface area contributed by atoms with E-state index in [1.807, 2.05) is 13.8 Å². The Labute approximate surface area is 94.8 Å². The maximum atomic E-state index is 11.8. The van der Waals surface area contributed by atoms with Crippen molar-refractivity contribution in [2.75, 3.05) is 6.61 Å². The predicted octanol–water partition coefficient (Wildman–Crippen LogP) is 0.0526. The number of rotatable bonds is 4. The van der Waals surface area contributed by atoms with Crippen molar-refractivity contribution >= 4 is 11.7 Å². The Hall–Kier alpha value is -1.30. The molecule has 1 saturated heterocycles. The largest absolute Gasteiger partial charge is 0.409 e. The lowest BCUT2D eigenvalue weighted by molar-refractivity contribution is -0.124. The van der Waals surface area contributed by atoms with Crippen molar-refractivity contribution in [2.45, 2.75) is 38.8 Å². The summed E-state index contributed by atoms with van der Waals surface area (Å²) in [5.74, 6) is -0.829. The highest BCUT2D eigenvalue weighted by atomic mass is 16.5. The number of amides is 1. The topological polar surface area (TPSA) is 96.9 Å². The molecule has 0 aromatic heterocycles. The van der Waals surface area contributed by atoms with Gasteiger partial charge in [0.1, 0.15) is 0 Å². The molecule has 0 saturated carbocycles. The number of amidine groups is 1. The lowest BCUT2D eigenvalue weighted by Gasteiger charge is -2.19. The van der Waals surface area contributed by atoms with Crippen LogP contribution in [-0.2, 0) is 9.53 Å². The summed E-state index contributed by atoms with van der Waals surface area (Å²) >= 11 is 0. The standard InChI is InChI=1S/C10H19N3O3/c1-3-7(9(11)13-15)10(14)12-8-4-5-16-6(8)2/h6-8,15H,3-5H2,1-2H3,(H2,11,13)(H,12,14). The number of nitrogens with zero attached hydrogens (tertiary/aromatic N) is 1. The highest BCUT2D eigenvalue weighted by Gasteiger charge is 2.29. The van der Waals surface area contributed by atoms with Gasteiger partial charge in [0.2, 0.25) is 5.91 Å². The summed E-state index contributed by atoms with van der Waals surface area (Å²) < 4.78 is 5.34. The first-order valence-corrected chi connectivity index (χ1v) is 5.49. The molecule has 1 amide bonds. The van der Waals surface area contributed by atoms with E-state index >= 15 is 0 Å². The fraction of sp³-hybridized carbons (Fsp3) is 0.800. The Bertz CT molecular complexity index is 280. The van der Waals surface area contributed by atoms with Crippen LogP contribution in [-0.4, -0.2) is 35.7 Å². The highest BCUT2D eigenvalue weighted by molar-refractivity contribution is 6.02. The van der Waals surface area contributed by atoms with E-state index in [1.165, 1.54) is 0 Å². The quantitative estimate of drug-likeness (QED) is 0.275. The zero-order valence-electron chi connectivity index (χ0n) is 9.64. The molecule has 1 aliphatic rings. The average molecular weight is 229 g/mol. The Balaban J connectivity index is 2.56. The van der Waals surface area contributed by atoms with Crippen molar-refractivity contribution in [1.82, 2.24) is 5.32 Å². The number of ether oxygens (including phenoxy) is 1. The van der Waals surface area contributed by atoms with Gasteiger partial charge in [-0.3, -0.25) is 4.79 Å². The zero-order valence-corrected chi connectivity index (χ0v) is 9.64. The van der Waals surface area contributed by atoms with Gasteiger partial charge in [0.05, 0.1) is 18.1 Å². The summed E-state index contributed by atoms with van der Waals surface area (Å²) in [6.45, 7) is 4.39. The number of oxime groups is 1. The van der Waals surface area contributed by atoms with Gasteiger partial charge in [-0.25, -0.2) is 0 Å². The molecule has 3 atom stereocenters. The van der Waals surface area contributed by atoms with Gasteiger partial charge in [0.25, 0.3) is 0 Å². The lowest BCUT2D eigenvalue weighted by atomic mass is 10.0. The average Bonchev–Trinajstić information content (AvgIpc) is 2.65. The van der Waals surface area contributed by atoms with Crippen molar-refractivity contribution in [3.63, 3.8) is 0 Å². The van der Waals surface area contributed by atoms with Crippen LogP contribution in [0, 0.1) is 5.92 Å². The molecule has 3 unspecified atom stereocenters. The van der Waals surface area contributed by atoms with E-state index in [0.29, 0.717) is 13.0 Å². The minimum absolute atomic E-state index is 0.0213. The fourth-order valence-electron chi connectivity index (χ4n) is 1.80. The van der Waals surface area contributed by atoms with Crippen LogP contribution in [0.1, 0.15) is 26.7 Å². The van der Waals surface area contributed by atoms with Gasteiger partial charge < -0.3 is 21.0 Å². The zero-order chi connectivity index (χ0) is 12.1. The molecule has 6 nitrogen and oxygen atoms in total. The molecule has 1 aliphatic heterocycles. The molecule has 16 heavy (non-hydrogen) atoms. The predicted molar refractivity (Wildman–Crippen MR) is 59.2 cm³/mol. The van der Waals surface area contributed by atoms with Gasteiger partial charge in [-0.15, -0.1) is 0 Å². The van der Waals surface area contributed by atoms with Crippen LogP contribution in [0.2, 0.25) is 0 Å². The minimum Gasteiger partial charge on any atom is -0.409 e. The Morgan fingerprint density at radius 2 is 2.44 bits per heavy atom. The van der Waals surface area contributed by atoms with Crippen LogP contribution < -0.4 is 11.1 Å². The first-order valence-electron chi connectivity index (χ1n) is 5.49. The van der Waals surface area contributed by atoms with E-state index in [1.54, 1.807) is 0 Å². The summed E-state index contributed by atoms with van der Waals surface area (Å²) in [5.41, 5.74) is 5.45. The summed E-state index contributed by atoms with van der Waals surface area (Å²) in [4.78, 5) is 11.8. The van der Waals surface area contributed by atoms with Crippen molar-refractivity contribution in [3.05, 3.63) is 0 Å². The Morgan fingerprint density at radius 3 is 2.88 bits per heavy atom. The normalized spacial score (nSPS) is 27.8. The molecule has 0 radical (unpaired) electrons. The molecule has 6 heteroatoms. The maximum Gasteiger partial charge on any atom is 0.231 e. The molecule has 1 heterocycles. The molecule has 0 aliphatic carbocycles. The summed E-state index contributed by atoms with van der Waals surface area (Å²) in [6.07, 6.45) is 1.33. The third-order valence-corrected chi connectivity index (χ3v) is 2.90. The van der Waals surface area contributed by atoms with Crippen LogP contribution in [0.3, 0.4) is 0 Å². The van der Waals surface area contributed by atoms with Crippen LogP contribution in [0.15, 0.2) is 5.16 Å². The molecular formula is C10H19N3O3. The molecule has 92 valence electrons. The second-order valence-corrected chi connectivity index (χ2v) is 3.97. The molecule has 0 spiro atoms. The van der Waals surface area contributed by atoms with Gasteiger partial charge in [0, 0.05) is 6.61 Å². The first kappa shape index (κ1) is 12.8.